The van der Waals surface area contributed by atoms with Gasteiger partial charge in [0.15, 0.2) is 0 Å². The zero-order valence-corrected chi connectivity index (χ0v) is 25.8. The first-order chi connectivity index (χ1) is 20.7. The molecule has 3 aromatic rings. The standard InChI is InChI=1S/C34H37ClN4O4/c1-6-9-24-23(10-8-13-28(24)36-32(41)27-19-39(16-17-40)21(3)38(4)34(27)42)25-11-7-12-26(31(25)35)29-18-22-15-14-20(2)30(22)33(37-29)43-5/h7-8,10-13,18-20,40H,3,6,9,14-17H2,1-2,4-5H3,(H,36,41). The number of aliphatic hydroxyl groups excluding tert-OH is 1. The topological polar surface area (TPSA) is 95.0 Å². The van der Waals surface area contributed by atoms with E-state index in [1.165, 1.54) is 22.2 Å². The molecule has 5 rings (SSSR count). The Morgan fingerprint density at radius 2 is 1.93 bits per heavy atom. The van der Waals surface area contributed by atoms with Crippen LogP contribution in [0.1, 0.15) is 49.3 Å². The maximum atomic E-state index is 13.5. The Labute approximate surface area is 257 Å². The summed E-state index contributed by atoms with van der Waals surface area (Å²) < 4.78 is 5.69. The van der Waals surface area contributed by atoms with Crippen LogP contribution in [0.4, 0.5) is 5.69 Å². The molecule has 43 heavy (non-hydrogen) atoms. The van der Waals surface area contributed by atoms with Crippen molar-refractivity contribution < 1.29 is 19.4 Å². The van der Waals surface area contributed by atoms with Gasteiger partial charge in [0.25, 0.3) is 11.8 Å². The fraction of sp³-hybridized carbons (Fsp3) is 0.324. The normalized spacial score (nSPS) is 16.3. The molecule has 2 heterocycles. The molecule has 9 heteroatoms. The Balaban J connectivity index is 1.54. The van der Waals surface area contributed by atoms with Gasteiger partial charge in [-0.1, -0.05) is 68.8 Å². The van der Waals surface area contributed by atoms with Gasteiger partial charge in [-0.25, -0.2) is 4.98 Å². The number of amides is 2. The van der Waals surface area contributed by atoms with E-state index >= 15 is 0 Å². The third-order valence-electron chi connectivity index (χ3n) is 8.26. The summed E-state index contributed by atoms with van der Waals surface area (Å²) >= 11 is 7.14. The van der Waals surface area contributed by atoms with Gasteiger partial charge in [0.2, 0.25) is 5.88 Å². The van der Waals surface area contributed by atoms with Gasteiger partial charge in [-0.15, -0.1) is 0 Å². The zero-order valence-electron chi connectivity index (χ0n) is 25.0. The van der Waals surface area contributed by atoms with E-state index in [9.17, 15) is 14.7 Å². The van der Waals surface area contributed by atoms with Gasteiger partial charge in [-0.2, -0.15) is 0 Å². The Morgan fingerprint density at radius 1 is 1.21 bits per heavy atom. The van der Waals surface area contributed by atoms with Gasteiger partial charge in [0.05, 0.1) is 24.4 Å². The maximum Gasteiger partial charge on any atom is 0.266 e. The van der Waals surface area contributed by atoms with Crippen molar-refractivity contribution in [3.8, 4) is 28.3 Å². The molecule has 0 radical (unpaired) electrons. The van der Waals surface area contributed by atoms with E-state index in [0.29, 0.717) is 34.7 Å². The van der Waals surface area contributed by atoms with Crippen LogP contribution in [0.3, 0.4) is 0 Å². The van der Waals surface area contributed by atoms with Crippen molar-refractivity contribution in [1.82, 2.24) is 14.8 Å². The summed E-state index contributed by atoms with van der Waals surface area (Å²) in [5.74, 6) is 0.439. The van der Waals surface area contributed by atoms with Crippen molar-refractivity contribution in [3.05, 3.63) is 88.4 Å². The second kappa shape index (κ2) is 12.6. The van der Waals surface area contributed by atoms with Gasteiger partial charge in [0.1, 0.15) is 11.4 Å². The van der Waals surface area contributed by atoms with Crippen LogP contribution >= 0.6 is 11.6 Å². The first kappa shape index (κ1) is 30.3. The Kier molecular flexibility index (Phi) is 8.89. The number of aryl methyl sites for hydroxylation is 1. The van der Waals surface area contributed by atoms with Crippen molar-refractivity contribution in [1.29, 1.82) is 0 Å². The smallest absolute Gasteiger partial charge is 0.266 e. The molecule has 2 aliphatic rings. The molecule has 8 nitrogen and oxygen atoms in total. The molecule has 1 aliphatic carbocycles. The number of likely N-dealkylation sites (N-methyl/N-ethyl adjacent to an activating group) is 1. The highest BCUT2D eigenvalue weighted by molar-refractivity contribution is 6.36. The third-order valence-corrected chi connectivity index (χ3v) is 8.66. The van der Waals surface area contributed by atoms with E-state index in [1.807, 2.05) is 36.4 Å². The number of anilines is 1. The number of β-amino-alcohol motifs (C(OH)–C–C–N with tert-alkyl or cyclic N) is 1. The average molecular weight is 601 g/mol. The largest absolute Gasteiger partial charge is 0.481 e. The number of pyridine rings is 1. The second-order valence-electron chi connectivity index (χ2n) is 11.0. The minimum Gasteiger partial charge on any atom is -0.481 e. The average Bonchev–Trinajstić information content (AvgIpc) is 3.38. The van der Waals surface area contributed by atoms with Crippen LogP contribution in [-0.4, -0.2) is 59.0 Å². The van der Waals surface area contributed by atoms with Crippen LogP contribution in [0.2, 0.25) is 5.02 Å². The number of ether oxygens (including phenoxy) is 1. The highest BCUT2D eigenvalue weighted by atomic mass is 35.5. The molecule has 0 spiro atoms. The summed E-state index contributed by atoms with van der Waals surface area (Å²) in [7, 11) is 3.21. The maximum absolute atomic E-state index is 13.5. The zero-order chi connectivity index (χ0) is 30.8. The van der Waals surface area contributed by atoms with E-state index in [4.69, 9.17) is 21.3 Å². The van der Waals surface area contributed by atoms with Crippen LogP contribution in [0.25, 0.3) is 22.4 Å². The van der Waals surface area contributed by atoms with Gasteiger partial charge < -0.3 is 20.1 Å². The molecule has 2 aromatic carbocycles. The molecule has 1 unspecified atom stereocenters. The van der Waals surface area contributed by atoms with Gasteiger partial charge in [0, 0.05) is 42.2 Å². The summed E-state index contributed by atoms with van der Waals surface area (Å²) in [6, 6.07) is 13.7. The third kappa shape index (κ3) is 5.65. The summed E-state index contributed by atoms with van der Waals surface area (Å²) in [6.45, 7) is 8.23. The number of halogens is 1. The van der Waals surface area contributed by atoms with Crippen LogP contribution in [0, 0.1) is 0 Å². The Hall–Kier alpha value is -4.14. The molecule has 0 fully saturated rings. The van der Waals surface area contributed by atoms with Crippen molar-refractivity contribution in [2.24, 2.45) is 0 Å². The molecule has 0 bridgehead atoms. The van der Waals surface area contributed by atoms with Crippen LogP contribution < -0.4 is 10.1 Å². The Morgan fingerprint density at radius 3 is 2.65 bits per heavy atom. The van der Waals surface area contributed by atoms with Crippen LogP contribution in [0.5, 0.6) is 5.88 Å². The molecule has 2 N–H and O–H groups in total. The highest BCUT2D eigenvalue weighted by Gasteiger charge is 2.31. The van der Waals surface area contributed by atoms with E-state index in [1.54, 1.807) is 19.1 Å². The predicted octanol–water partition coefficient (Wildman–Crippen LogP) is 6.14. The lowest BCUT2D eigenvalue weighted by Gasteiger charge is -2.34. The van der Waals surface area contributed by atoms with Crippen LogP contribution in [-0.2, 0) is 22.4 Å². The molecular weight excluding hydrogens is 564 g/mol. The number of aliphatic hydroxyl groups is 1. The molecule has 1 atom stereocenters. The molecule has 2 amide bonds. The molecule has 0 saturated heterocycles. The summed E-state index contributed by atoms with van der Waals surface area (Å²) in [5, 5.41) is 13.0. The number of methoxy groups -OCH3 is 1. The number of nitrogens with zero attached hydrogens (tertiary/aromatic N) is 3. The summed E-state index contributed by atoms with van der Waals surface area (Å²) in [5.41, 5.74) is 7.18. The van der Waals surface area contributed by atoms with E-state index < -0.39 is 11.8 Å². The number of aromatic nitrogens is 1. The number of carbonyl (C=O) groups excluding carboxylic acids is 2. The first-order valence-corrected chi connectivity index (χ1v) is 14.9. The number of nitrogens with one attached hydrogen (secondary N) is 1. The van der Waals surface area contributed by atoms with Gasteiger partial charge >= 0.3 is 0 Å². The van der Waals surface area contributed by atoms with E-state index in [2.05, 4.69) is 31.8 Å². The second-order valence-corrected chi connectivity index (χ2v) is 11.4. The lowest BCUT2D eigenvalue weighted by molar-refractivity contribution is -0.128. The monoisotopic (exact) mass is 600 g/mol. The first-order valence-electron chi connectivity index (χ1n) is 14.6. The number of fused-ring (bicyclic) bond motifs is 1. The molecule has 1 aromatic heterocycles. The van der Waals surface area contributed by atoms with Gasteiger partial charge in [-0.3, -0.25) is 14.5 Å². The van der Waals surface area contributed by atoms with E-state index in [0.717, 1.165) is 47.2 Å². The van der Waals surface area contributed by atoms with Crippen molar-refractivity contribution in [2.75, 3.05) is 32.6 Å². The molecule has 224 valence electrons. The summed E-state index contributed by atoms with van der Waals surface area (Å²) in [6.07, 6.45) is 4.99. The minimum atomic E-state index is -0.537. The molecule has 0 saturated carbocycles. The van der Waals surface area contributed by atoms with E-state index in [-0.39, 0.29) is 18.7 Å². The molecule has 1 aliphatic heterocycles. The van der Waals surface area contributed by atoms with Crippen molar-refractivity contribution in [2.45, 2.75) is 45.4 Å². The summed E-state index contributed by atoms with van der Waals surface area (Å²) in [4.78, 5) is 34.2. The fourth-order valence-corrected chi connectivity index (χ4v) is 6.29. The lowest BCUT2D eigenvalue weighted by atomic mass is 9.93. The number of carbonyl (C=O) groups is 2. The van der Waals surface area contributed by atoms with Crippen molar-refractivity contribution in [3.63, 3.8) is 0 Å². The Bertz CT molecular complexity index is 1630. The SMILES string of the molecule is C=C1N(CCO)C=C(C(=O)Nc2cccc(-c3cccc(-c4cc5c(c(OC)n4)C(C)CC5)c3Cl)c2CCC)C(=O)N1C. The fourth-order valence-electron chi connectivity index (χ4n) is 5.96. The van der Waals surface area contributed by atoms with Crippen LogP contribution in [0.15, 0.2) is 66.6 Å². The lowest BCUT2D eigenvalue weighted by Crippen LogP contribution is -2.43. The van der Waals surface area contributed by atoms with Gasteiger partial charge in [-0.05, 0) is 54.0 Å². The molecular formula is C34H37ClN4O4. The highest BCUT2D eigenvalue weighted by Crippen LogP contribution is 2.43. The minimum absolute atomic E-state index is 0.0396. The predicted molar refractivity (Wildman–Crippen MR) is 170 cm³/mol. The quantitative estimate of drug-likeness (QED) is 0.287. The number of hydrogen-bond acceptors (Lipinski definition) is 6. The number of rotatable bonds is 9. The number of benzene rings is 2. The number of hydrogen-bond donors (Lipinski definition) is 2. The van der Waals surface area contributed by atoms with Crippen molar-refractivity contribution >= 4 is 29.1 Å².